The van der Waals surface area contributed by atoms with E-state index in [0.717, 1.165) is 12.5 Å². The van der Waals surface area contributed by atoms with Crippen molar-refractivity contribution < 1.29 is 4.79 Å². The second kappa shape index (κ2) is 5.16. The van der Waals surface area contributed by atoms with Crippen LogP contribution in [0, 0.1) is 11.8 Å². The van der Waals surface area contributed by atoms with Gasteiger partial charge >= 0.3 is 0 Å². The molecule has 2 unspecified atom stereocenters. The van der Waals surface area contributed by atoms with Crippen LogP contribution in [-0.4, -0.2) is 17.4 Å². The quantitative estimate of drug-likeness (QED) is 0.842. The molecule has 0 aromatic carbocycles. The fourth-order valence-electron chi connectivity index (χ4n) is 1.58. The molecule has 0 bridgehead atoms. The lowest BCUT2D eigenvalue weighted by atomic mass is 10.3. The van der Waals surface area contributed by atoms with Crippen molar-refractivity contribution in [2.45, 2.75) is 13.3 Å². The van der Waals surface area contributed by atoms with Gasteiger partial charge in [0.25, 0.3) is 5.91 Å². The van der Waals surface area contributed by atoms with Crippen LogP contribution in [0.2, 0.25) is 0 Å². The predicted molar refractivity (Wildman–Crippen MR) is 65.5 cm³/mol. The highest BCUT2D eigenvalue weighted by molar-refractivity contribution is 5.92. The molecular weight excluding hydrogens is 226 g/mol. The van der Waals surface area contributed by atoms with E-state index in [-0.39, 0.29) is 18.3 Å². The van der Waals surface area contributed by atoms with Crippen LogP contribution in [0.5, 0.6) is 0 Å². The molecule has 16 heavy (non-hydrogen) atoms. The number of nitrogens with zero attached hydrogens (tertiary/aromatic N) is 1. The Balaban J connectivity index is 0.00000128. The maximum atomic E-state index is 11.6. The minimum atomic E-state index is -0.138. The normalized spacial score (nSPS) is 22.1. The van der Waals surface area contributed by atoms with Crippen molar-refractivity contribution >= 4 is 24.1 Å². The molecule has 2 rings (SSSR count). The molecule has 0 aliphatic heterocycles. The molecule has 0 saturated heterocycles. The zero-order valence-corrected chi connectivity index (χ0v) is 9.96. The number of carbonyl (C=O) groups excluding carboxylic acids is 1. The molecule has 1 fully saturated rings. The number of aromatic nitrogens is 1. The minimum absolute atomic E-state index is 0. The summed E-state index contributed by atoms with van der Waals surface area (Å²) in [4.78, 5) is 15.6. The third-order valence-electron chi connectivity index (χ3n) is 2.80. The highest BCUT2D eigenvalue weighted by Gasteiger charge is 2.32. The molecule has 1 saturated carbocycles. The van der Waals surface area contributed by atoms with Crippen molar-refractivity contribution in [3.8, 4) is 0 Å². The fourth-order valence-corrected chi connectivity index (χ4v) is 1.58. The third-order valence-corrected chi connectivity index (χ3v) is 2.80. The Bertz CT molecular complexity index is 383. The Morgan fingerprint density at radius 1 is 1.62 bits per heavy atom. The molecule has 1 heterocycles. The molecule has 1 aromatic rings. The minimum Gasteiger partial charge on any atom is -0.384 e. The lowest BCUT2D eigenvalue weighted by Gasteiger charge is -2.03. The number of nitrogens with two attached hydrogens (primary N) is 1. The van der Waals surface area contributed by atoms with Gasteiger partial charge in [-0.05, 0) is 30.4 Å². The first-order chi connectivity index (χ1) is 7.16. The molecule has 1 amide bonds. The van der Waals surface area contributed by atoms with Gasteiger partial charge in [0.05, 0.1) is 0 Å². The first-order valence-electron chi connectivity index (χ1n) is 5.17. The second-order valence-electron chi connectivity index (χ2n) is 4.13. The van der Waals surface area contributed by atoms with Gasteiger partial charge in [0.2, 0.25) is 0 Å². The van der Waals surface area contributed by atoms with Gasteiger partial charge < -0.3 is 11.1 Å². The molecule has 1 aliphatic rings. The van der Waals surface area contributed by atoms with Gasteiger partial charge in [0, 0.05) is 6.54 Å². The standard InChI is InChI=1S/C11H15N3O.ClH/c1-7-5-8(7)6-13-11(15)9-3-2-4-10(12)14-9;/h2-4,7-8H,5-6H2,1H3,(H2,12,14)(H,13,15);1H. The number of anilines is 1. The van der Waals surface area contributed by atoms with Gasteiger partial charge in [-0.25, -0.2) is 4.98 Å². The zero-order chi connectivity index (χ0) is 10.8. The number of amides is 1. The molecule has 1 aliphatic carbocycles. The van der Waals surface area contributed by atoms with E-state index in [1.54, 1.807) is 18.2 Å². The summed E-state index contributed by atoms with van der Waals surface area (Å²) in [5.41, 5.74) is 5.89. The average Bonchev–Trinajstić information content (AvgIpc) is 2.91. The third kappa shape index (κ3) is 3.10. The largest absolute Gasteiger partial charge is 0.384 e. The van der Waals surface area contributed by atoms with E-state index >= 15 is 0 Å². The summed E-state index contributed by atoms with van der Waals surface area (Å²) in [6.07, 6.45) is 1.21. The Morgan fingerprint density at radius 3 is 2.88 bits per heavy atom. The van der Waals surface area contributed by atoms with Crippen LogP contribution in [0.1, 0.15) is 23.8 Å². The Kier molecular flexibility index (Phi) is 4.12. The van der Waals surface area contributed by atoms with Crippen LogP contribution in [0.25, 0.3) is 0 Å². The molecule has 0 spiro atoms. The lowest BCUT2D eigenvalue weighted by Crippen LogP contribution is -2.26. The predicted octanol–water partition coefficient (Wildman–Crippen LogP) is 1.47. The Morgan fingerprint density at radius 2 is 2.31 bits per heavy atom. The van der Waals surface area contributed by atoms with E-state index in [0.29, 0.717) is 17.4 Å². The Labute approximate surface area is 101 Å². The van der Waals surface area contributed by atoms with Crippen molar-refractivity contribution in [3.05, 3.63) is 23.9 Å². The molecular formula is C11H16ClN3O. The smallest absolute Gasteiger partial charge is 0.269 e. The molecule has 88 valence electrons. The average molecular weight is 242 g/mol. The maximum Gasteiger partial charge on any atom is 0.269 e. The number of pyridine rings is 1. The summed E-state index contributed by atoms with van der Waals surface area (Å²) in [7, 11) is 0. The summed E-state index contributed by atoms with van der Waals surface area (Å²) < 4.78 is 0. The van der Waals surface area contributed by atoms with E-state index in [2.05, 4.69) is 17.2 Å². The maximum absolute atomic E-state index is 11.6. The van der Waals surface area contributed by atoms with Crippen molar-refractivity contribution in [1.82, 2.24) is 10.3 Å². The van der Waals surface area contributed by atoms with Crippen molar-refractivity contribution in [2.24, 2.45) is 11.8 Å². The molecule has 0 radical (unpaired) electrons. The van der Waals surface area contributed by atoms with Crippen LogP contribution in [-0.2, 0) is 0 Å². The first-order valence-corrected chi connectivity index (χ1v) is 5.17. The van der Waals surface area contributed by atoms with E-state index in [1.165, 1.54) is 6.42 Å². The van der Waals surface area contributed by atoms with E-state index < -0.39 is 0 Å². The van der Waals surface area contributed by atoms with Gasteiger partial charge in [-0.2, -0.15) is 0 Å². The summed E-state index contributed by atoms with van der Waals surface area (Å²) in [6.45, 7) is 2.94. The number of nitrogens with one attached hydrogen (secondary N) is 1. The van der Waals surface area contributed by atoms with Crippen molar-refractivity contribution in [3.63, 3.8) is 0 Å². The molecule has 3 N–H and O–H groups in total. The van der Waals surface area contributed by atoms with E-state index in [1.807, 2.05) is 0 Å². The van der Waals surface area contributed by atoms with E-state index in [4.69, 9.17) is 5.73 Å². The fraction of sp³-hybridized carbons (Fsp3) is 0.455. The molecule has 2 atom stereocenters. The number of carbonyl (C=O) groups is 1. The summed E-state index contributed by atoms with van der Waals surface area (Å²) in [5.74, 6) is 1.64. The highest BCUT2D eigenvalue weighted by Crippen LogP contribution is 2.36. The monoisotopic (exact) mass is 241 g/mol. The van der Waals surface area contributed by atoms with Crippen molar-refractivity contribution in [2.75, 3.05) is 12.3 Å². The summed E-state index contributed by atoms with van der Waals surface area (Å²) in [6, 6.07) is 5.07. The number of hydrogen-bond donors (Lipinski definition) is 2. The number of halogens is 1. The second-order valence-corrected chi connectivity index (χ2v) is 4.13. The first kappa shape index (κ1) is 12.8. The van der Waals surface area contributed by atoms with Crippen LogP contribution >= 0.6 is 12.4 Å². The number of nitrogen functional groups attached to an aromatic ring is 1. The number of hydrogen-bond acceptors (Lipinski definition) is 3. The molecule has 5 heteroatoms. The Hall–Kier alpha value is -1.29. The highest BCUT2D eigenvalue weighted by atomic mass is 35.5. The SMILES string of the molecule is CC1CC1CNC(=O)c1cccc(N)n1.Cl. The van der Waals surface area contributed by atoms with Crippen LogP contribution in [0.3, 0.4) is 0 Å². The topological polar surface area (TPSA) is 68.0 Å². The van der Waals surface area contributed by atoms with Gasteiger partial charge in [-0.15, -0.1) is 12.4 Å². The lowest BCUT2D eigenvalue weighted by molar-refractivity contribution is 0.0946. The van der Waals surface area contributed by atoms with Gasteiger partial charge in [-0.1, -0.05) is 13.0 Å². The zero-order valence-electron chi connectivity index (χ0n) is 9.14. The van der Waals surface area contributed by atoms with Crippen LogP contribution in [0.15, 0.2) is 18.2 Å². The summed E-state index contributed by atoms with van der Waals surface area (Å²) >= 11 is 0. The molecule has 1 aromatic heterocycles. The molecule has 4 nitrogen and oxygen atoms in total. The van der Waals surface area contributed by atoms with Gasteiger partial charge in [0.15, 0.2) is 0 Å². The van der Waals surface area contributed by atoms with Gasteiger partial charge in [-0.3, -0.25) is 4.79 Å². The number of rotatable bonds is 3. The van der Waals surface area contributed by atoms with Crippen LogP contribution in [0.4, 0.5) is 5.82 Å². The van der Waals surface area contributed by atoms with Crippen molar-refractivity contribution in [1.29, 1.82) is 0 Å². The van der Waals surface area contributed by atoms with Crippen LogP contribution < -0.4 is 11.1 Å². The van der Waals surface area contributed by atoms with E-state index in [9.17, 15) is 4.79 Å². The summed E-state index contributed by atoms with van der Waals surface area (Å²) in [5, 5.41) is 2.86. The van der Waals surface area contributed by atoms with Gasteiger partial charge in [0.1, 0.15) is 11.5 Å².